The van der Waals surface area contributed by atoms with Gasteiger partial charge in [0.15, 0.2) is 6.61 Å². The van der Waals surface area contributed by atoms with E-state index < -0.39 is 11.9 Å². The molecule has 1 heterocycles. The Labute approximate surface area is 174 Å². The highest BCUT2D eigenvalue weighted by Crippen LogP contribution is 2.23. The molecular formula is C23H21N3O4. The normalized spacial score (nSPS) is 10.7. The van der Waals surface area contributed by atoms with Gasteiger partial charge in [-0.15, -0.1) is 0 Å². The number of fused-ring (bicyclic) bond motifs is 1. The van der Waals surface area contributed by atoms with E-state index in [9.17, 15) is 9.59 Å². The van der Waals surface area contributed by atoms with Crippen LogP contribution in [0, 0.1) is 11.3 Å². The lowest BCUT2D eigenvalue weighted by Gasteiger charge is -2.06. The van der Waals surface area contributed by atoms with Crippen molar-refractivity contribution in [1.29, 1.82) is 5.26 Å². The summed E-state index contributed by atoms with van der Waals surface area (Å²) in [4.78, 5) is 24.0. The van der Waals surface area contributed by atoms with Crippen molar-refractivity contribution < 1.29 is 19.1 Å². The van der Waals surface area contributed by atoms with Gasteiger partial charge in [0.1, 0.15) is 5.75 Å². The maximum Gasteiger partial charge on any atom is 0.331 e. The van der Waals surface area contributed by atoms with E-state index in [2.05, 4.69) is 11.4 Å². The van der Waals surface area contributed by atoms with Crippen molar-refractivity contribution in [1.82, 2.24) is 4.57 Å². The first kappa shape index (κ1) is 20.7. The fraction of sp³-hybridized carbons (Fsp3) is 0.174. The van der Waals surface area contributed by atoms with Crippen LogP contribution in [0.15, 0.2) is 60.8 Å². The van der Waals surface area contributed by atoms with Gasteiger partial charge in [-0.25, -0.2) is 4.79 Å². The van der Waals surface area contributed by atoms with Crippen LogP contribution in [0.25, 0.3) is 17.0 Å². The number of nitriles is 1. The molecule has 0 bridgehead atoms. The summed E-state index contributed by atoms with van der Waals surface area (Å²) < 4.78 is 12.1. The second kappa shape index (κ2) is 9.94. The van der Waals surface area contributed by atoms with E-state index in [-0.39, 0.29) is 6.61 Å². The van der Waals surface area contributed by atoms with Crippen LogP contribution in [-0.2, 0) is 20.9 Å². The Morgan fingerprint density at radius 2 is 1.93 bits per heavy atom. The molecule has 0 aliphatic rings. The maximum atomic E-state index is 12.0. The van der Waals surface area contributed by atoms with Crippen LogP contribution in [0.3, 0.4) is 0 Å². The minimum absolute atomic E-state index is 0.390. The molecule has 7 heteroatoms. The predicted octanol–water partition coefficient (Wildman–Crippen LogP) is 3.76. The molecule has 7 nitrogen and oxygen atoms in total. The van der Waals surface area contributed by atoms with Crippen molar-refractivity contribution in [2.75, 3.05) is 19.0 Å². The molecule has 3 rings (SSSR count). The smallest absolute Gasteiger partial charge is 0.331 e. The monoisotopic (exact) mass is 403 g/mol. The predicted molar refractivity (Wildman–Crippen MR) is 114 cm³/mol. The number of hydrogen-bond donors (Lipinski definition) is 1. The SMILES string of the molecule is COc1ccc(NC(=O)COC(=O)/C=C/c2cn(CCC#N)c3ccccc23)cc1. The summed E-state index contributed by atoms with van der Waals surface area (Å²) in [6.45, 7) is 0.181. The van der Waals surface area contributed by atoms with Crippen molar-refractivity contribution in [2.24, 2.45) is 0 Å². The molecule has 0 spiro atoms. The number of aromatic nitrogens is 1. The van der Waals surface area contributed by atoms with Crippen LogP contribution in [0.1, 0.15) is 12.0 Å². The summed E-state index contributed by atoms with van der Waals surface area (Å²) >= 11 is 0. The summed E-state index contributed by atoms with van der Waals surface area (Å²) in [6, 6.07) is 16.7. The highest BCUT2D eigenvalue weighted by Gasteiger charge is 2.08. The van der Waals surface area contributed by atoms with Crippen LogP contribution in [0.5, 0.6) is 5.75 Å². The number of hydrogen-bond acceptors (Lipinski definition) is 5. The minimum Gasteiger partial charge on any atom is -0.497 e. The molecule has 2 aromatic carbocycles. The number of anilines is 1. The number of amides is 1. The number of para-hydroxylation sites is 1. The van der Waals surface area contributed by atoms with E-state index in [1.54, 1.807) is 37.5 Å². The van der Waals surface area contributed by atoms with E-state index in [0.717, 1.165) is 16.5 Å². The highest BCUT2D eigenvalue weighted by molar-refractivity contribution is 5.96. The van der Waals surface area contributed by atoms with Crippen molar-refractivity contribution in [3.8, 4) is 11.8 Å². The van der Waals surface area contributed by atoms with Gasteiger partial charge in [0.05, 0.1) is 19.6 Å². The number of ether oxygens (including phenoxy) is 2. The van der Waals surface area contributed by atoms with Crippen LogP contribution < -0.4 is 10.1 Å². The molecule has 152 valence electrons. The third-order valence-electron chi connectivity index (χ3n) is 4.40. The lowest BCUT2D eigenvalue weighted by atomic mass is 10.1. The molecule has 0 fully saturated rings. The van der Waals surface area contributed by atoms with Gasteiger partial charge in [-0.1, -0.05) is 18.2 Å². The molecule has 30 heavy (non-hydrogen) atoms. The van der Waals surface area contributed by atoms with Gasteiger partial charge < -0.3 is 19.4 Å². The van der Waals surface area contributed by atoms with E-state index in [1.807, 2.05) is 35.0 Å². The second-order valence-corrected chi connectivity index (χ2v) is 6.42. The van der Waals surface area contributed by atoms with E-state index >= 15 is 0 Å². The molecule has 1 aromatic heterocycles. The van der Waals surface area contributed by atoms with Gasteiger partial charge >= 0.3 is 5.97 Å². The molecule has 1 N–H and O–H groups in total. The first-order valence-electron chi connectivity index (χ1n) is 9.34. The van der Waals surface area contributed by atoms with Gasteiger partial charge in [0.2, 0.25) is 0 Å². The maximum absolute atomic E-state index is 12.0. The number of rotatable bonds is 8. The minimum atomic E-state index is -0.617. The Bertz CT molecular complexity index is 1110. The van der Waals surface area contributed by atoms with E-state index in [1.165, 1.54) is 6.08 Å². The number of carbonyl (C=O) groups excluding carboxylic acids is 2. The fourth-order valence-corrected chi connectivity index (χ4v) is 2.98. The Morgan fingerprint density at radius 1 is 1.17 bits per heavy atom. The molecule has 0 atom stereocenters. The number of esters is 1. The molecule has 3 aromatic rings. The summed E-state index contributed by atoms with van der Waals surface area (Å²) in [6.07, 6.45) is 5.22. The Hall–Kier alpha value is -4.05. The summed E-state index contributed by atoms with van der Waals surface area (Å²) in [5.41, 5.74) is 2.40. The van der Waals surface area contributed by atoms with Gasteiger partial charge in [-0.2, -0.15) is 5.26 Å². The average Bonchev–Trinajstić information content (AvgIpc) is 3.13. The van der Waals surface area contributed by atoms with Crippen LogP contribution in [-0.4, -0.2) is 30.2 Å². The average molecular weight is 403 g/mol. The number of nitrogens with zero attached hydrogens (tertiary/aromatic N) is 2. The Morgan fingerprint density at radius 3 is 2.67 bits per heavy atom. The molecule has 0 radical (unpaired) electrons. The quantitative estimate of drug-likeness (QED) is 0.457. The van der Waals surface area contributed by atoms with Crippen LogP contribution in [0.4, 0.5) is 5.69 Å². The lowest BCUT2D eigenvalue weighted by molar-refractivity contribution is -0.142. The number of aryl methyl sites for hydroxylation is 1. The molecular weight excluding hydrogens is 382 g/mol. The Kier molecular flexibility index (Phi) is 6.85. The van der Waals surface area contributed by atoms with Gasteiger partial charge in [-0.05, 0) is 36.4 Å². The summed E-state index contributed by atoms with van der Waals surface area (Å²) in [7, 11) is 1.56. The molecule has 0 saturated carbocycles. The van der Waals surface area contributed by atoms with E-state index in [0.29, 0.717) is 24.4 Å². The summed E-state index contributed by atoms with van der Waals surface area (Å²) in [5, 5.41) is 12.4. The standard InChI is InChI=1S/C23H21N3O4/c1-29-19-10-8-18(9-11-19)25-22(27)16-30-23(28)12-7-17-15-26(14-4-13-24)21-6-3-2-5-20(17)21/h2-3,5-12,15H,4,14,16H2,1H3,(H,25,27)/b12-7+. The number of carbonyl (C=O) groups is 2. The number of nitrogens with one attached hydrogen (secondary N) is 1. The number of benzene rings is 2. The van der Waals surface area contributed by atoms with Crippen LogP contribution >= 0.6 is 0 Å². The van der Waals surface area contributed by atoms with Crippen molar-refractivity contribution >= 4 is 34.5 Å². The van der Waals surface area contributed by atoms with Crippen molar-refractivity contribution in [3.05, 3.63) is 66.4 Å². The number of methoxy groups -OCH3 is 1. The largest absolute Gasteiger partial charge is 0.497 e. The third kappa shape index (κ3) is 5.26. The summed E-state index contributed by atoms with van der Waals surface area (Å²) in [5.74, 6) is -0.373. The molecule has 1 amide bonds. The van der Waals surface area contributed by atoms with Gasteiger partial charge in [0, 0.05) is 41.0 Å². The molecule has 0 aliphatic heterocycles. The van der Waals surface area contributed by atoms with Crippen LogP contribution in [0.2, 0.25) is 0 Å². The third-order valence-corrected chi connectivity index (χ3v) is 4.40. The Balaban J connectivity index is 1.58. The second-order valence-electron chi connectivity index (χ2n) is 6.42. The van der Waals surface area contributed by atoms with Crippen molar-refractivity contribution in [3.63, 3.8) is 0 Å². The van der Waals surface area contributed by atoms with Gasteiger partial charge in [0.25, 0.3) is 5.91 Å². The fourth-order valence-electron chi connectivity index (χ4n) is 2.98. The molecule has 0 aliphatic carbocycles. The zero-order valence-electron chi connectivity index (χ0n) is 16.5. The zero-order chi connectivity index (χ0) is 21.3. The zero-order valence-corrected chi connectivity index (χ0v) is 16.5. The van der Waals surface area contributed by atoms with E-state index in [4.69, 9.17) is 14.7 Å². The first-order valence-corrected chi connectivity index (χ1v) is 9.34. The highest BCUT2D eigenvalue weighted by atomic mass is 16.5. The van der Waals surface area contributed by atoms with Gasteiger partial charge in [-0.3, -0.25) is 4.79 Å². The topological polar surface area (TPSA) is 93.3 Å². The molecule has 0 saturated heterocycles. The molecule has 0 unspecified atom stereocenters. The first-order chi connectivity index (χ1) is 14.6. The van der Waals surface area contributed by atoms with Crippen molar-refractivity contribution in [2.45, 2.75) is 13.0 Å². The lowest BCUT2D eigenvalue weighted by Crippen LogP contribution is -2.20.